The largest absolute Gasteiger partial charge is 0.369 e. The van der Waals surface area contributed by atoms with Gasteiger partial charge in [0.1, 0.15) is 10.7 Å². The van der Waals surface area contributed by atoms with Crippen molar-refractivity contribution < 1.29 is 17.9 Å². The minimum atomic E-state index is -3.68. The molecule has 0 bridgehead atoms. The predicted octanol–water partition coefficient (Wildman–Crippen LogP) is 1.86. The fourth-order valence-corrected chi connectivity index (χ4v) is 4.43. The summed E-state index contributed by atoms with van der Waals surface area (Å²) in [4.78, 5) is 2.19. The summed E-state index contributed by atoms with van der Waals surface area (Å²) < 4.78 is 40.5. The van der Waals surface area contributed by atoms with Crippen molar-refractivity contribution in [1.29, 1.82) is 0 Å². The molecule has 1 saturated heterocycles. The van der Waals surface area contributed by atoms with E-state index < -0.39 is 22.1 Å². The number of benzene rings is 2. The first-order valence-corrected chi connectivity index (χ1v) is 9.80. The van der Waals surface area contributed by atoms with Gasteiger partial charge in [-0.1, -0.05) is 24.3 Å². The Kier molecular flexibility index (Phi) is 5.57. The van der Waals surface area contributed by atoms with Gasteiger partial charge in [0, 0.05) is 31.7 Å². The van der Waals surface area contributed by atoms with Crippen LogP contribution in [0, 0.1) is 5.82 Å². The Bertz CT molecular complexity index is 850. The van der Waals surface area contributed by atoms with Gasteiger partial charge in [-0.15, -0.1) is 0 Å². The Morgan fingerprint density at radius 3 is 2.31 bits per heavy atom. The maximum absolute atomic E-state index is 13.0. The summed E-state index contributed by atoms with van der Waals surface area (Å²) in [5, 5.41) is 13.2. The van der Waals surface area contributed by atoms with E-state index in [4.69, 9.17) is 0 Å². The molecule has 1 unspecified atom stereocenters. The average molecular weight is 379 g/mol. The van der Waals surface area contributed by atoms with Crippen LogP contribution in [-0.2, 0) is 10.0 Å². The molecule has 3 rings (SSSR count). The molecule has 0 aliphatic carbocycles. The zero-order valence-electron chi connectivity index (χ0n) is 14.5. The molecule has 0 aromatic heterocycles. The van der Waals surface area contributed by atoms with Gasteiger partial charge in [-0.05, 0) is 31.3 Å². The van der Waals surface area contributed by atoms with Gasteiger partial charge < -0.3 is 15.3 Å². The van der Waals surface area contributed by atoms with Crippen molar-refractivity contribution >= 4 is 15.7 Å². The van der Waals surface area contributed by atoms with E-state index in [1.807, 2.05) is 7.05 Å². The second-order valence-electron chi connectivity index (χ2n) is 6.30. The van der Waals surface area contributed by atoms with Crippen LogP contribution >= 0.6 is 0 Å². The van der Waals surface area contributed by atoms with Crippen molar-refractivity contribution in [2.45, 2.75) is 11.1 Å². The fourth-order valence-electron chi connectivity index (χ4n) is 2.85. The number of anilines is 1. The first kappa shape index (κ1) is 18.8. The van der Waals surface area contributed by atoms with Gasteiger partial charge in [-0.2, -0.15) is 4.31 Å². The Balaban J connectivity index is 1.84. The van der Waals surface area contributed by atoms with E-state index in [1.54, 1.807) is 18.2 Å². The summed E-state index contributed by atoms with van der Waals surface area (Å²) >= 11 is 0. The van der Waals surface area contributed by atoms with Crippen LogP contribution in [0.3, 0.4) is 0 Å². The zero-order valence-corrected chi connectivity index (χ0v) is 15.3. The summed E-state index contributed by atoms with van der Waals surface area (Å²) in [5.41, 5.74) is 0.751. The Morgan fingerprint density at radius 1 is 1.04 bits per heavy atom. The molecule has 0 amide bonds. The van der Waals surface area contributed by atoms with Crippen LogP contribution in [0.4, 0.5) is 10.1 Å². The normalized spacial score (nSPS) is 17.8. The first-order valence-electron chi connectivity index (χ1n) is 8.36. The maximum Gasteiger partial charge on any atom is 0.245 e. The third-order valence-electron chi connectivity index (χ3n) is 4.45. The lowest BCUT2D eigenvalue weighted by Crippen LogP contribution is -2.47. The smallest absolute Gasteiger partial charge is 0.245 e. The molecule has 26 heavy (non-hydrogen) atoms. The molecule has 0 radical (unpaired) electrons. The van der Waals surface area contributed by atoms with Crippen LogP contribution in [-0.4, -0.2) is 56.0 Å². The van der Waals surface area contributed by atoms with Gasteiger partial charge >= 0.3 is 0 Å². The van der Waals surface area contributed by atoms with E-state index >= 15 is 0 Å². The summed E-state index contributed by atoms with van der Waals surface area (Å²) in [6.45, 7) is 2.20. The Labute approximate surface area is 152 Å². The van der Waals surface area contributed by atoms with Gasteiger partial charge in [-0.3, -0.25) is 0 Å². The number of nitrogens with zero attached hydrogens (tertiary/aromatic N) is 2. The standard InChI is InChI=1S/C18H22FN3O3S/c1-21-10-12-22(13-11-21)26(24,25)17-5-3-2-4-16(17)20-18(23)14-6-8-15(19)9-7-14/h2-9,18,20,23H,10-13H2,1H3. The molecule has 140 valence electrons. The van der Waals surface area contributed by atoms with Crippen LogP contribution in [0.1, 0.15) is 11.8 Å². The first-order chi connectivity index (χ1) is 12.4. The number of hydrogen-bond donors (Lipinski definition) is 2. The van der Waals surface area contributed by atoms with E-state index in [1.165, 1.54) is 34.6 Å². The molecule has 1 aliphatic rings. The summed E-state index contributed by atoms with van der Waals surface area (Å²) in [5.74, 6) is -0.404. The molecule has 8 heteroatoms. The minimum Gasteiger partial charge on any atom is -0.369 e. The molecule has 2 aromatic carbocycles. The van der Waals surface area contributed by atoms with Crippen LogP contribution in [0.5, 0.6) is 0 Å². The van der Waals surface area contributed by atoms with Crippen LogP contribution in [0.2, 0.25) is 0 Å². The van der Waals surface area contributed by atoms with Crippen molar-refractivity contribution in [3.8, 4) is 0 Å². The highest BCUT2D eigenvalue weighted by Crippen LogP contribution is 2.28. The average Bonchev–Trinajstić information content (AvgIpc) is 2.63. The van der Waals surface area contributed by atoms with E-state index in [2.05, 4.69) is 10.2 Å². The number of piperazine rings is 1. The second kappa shape index (κ2) is 7.71. The minimum absolute atomic E-state index is 0.116. The third kappa shape index (κ3) is 4.04. The van der Waals surface area contributed by atoms with E-state index in [0.717, 1.165) is 0 Å². The number of sulfonamides is 1. The van der Waals surface area contributed by atoms with E-state index in [-0.39, 0.29) is 4.90 Å². The molecule has 1 atom stereocenters. The molecule has 2 N–H and O–H groups in total. The number of likely N-dealkylation sites (N-methyl/N-ethyl adjacent to an activating group) is 1. The Morgan fingerprint density at radius 2 is 1.65 bits per heavy atom. The van der Waals surface area contributed by atoms with Gasteiger partial charge in [0.05, 0.1) is 5.69 Å². The molecular weight excluding hydrogens is 357 g/mol. The predicted molar refractivity (Wildman–Crippen MR) is 97.7 cm³/mol. The molecule has 1 aliphatic heterocycles. The lowest BCUT2D eigenvalue weighted by molar-refractivity contribution is 0.207. The highest BCUT2D eigenvalue weighted by molar-refractivity contribution is 7.89. The van der Waals surface area contributed by atoms with Crippen molar-refractivity contribution in [2.75, 3.05) is 38.5 Å². The molecule has 2 aromatic rings. The number of aliphatic hydroxyl groups excluding tert-OH is 1. The summed E-state index contributed by atoms with van der Waals surface area (Å²) in [7, 11) is -1.72. The lowest BCUT2D eigenvalue weighted by atomic mass is 10.2. The number of hydrogen-bond acceptors (Lipinski definition) is 5. The fraction of sp³-hybridized carbons (Fsp3) is 0.333. The number of nitrogens with one attached hydrogen (secondary N) is 1. The van der Waals surface area contributed by atoms with Crippen molar-refractivity contribution in [1.82, 2.24) is 9.21 Å². The quantitative estimate of drug-likeness (QED) is 0.776. The molecular formula is C18H22FN3O3S. The van der Waals surface area contributed by atoms with E-state index in [9.17, 15) is 17.9 Å². The van der Waals surface area contributed by atoms with Crippen molar-refractivity contribution in [2.24, 2.45) is 0 Å². The van der Waals surface area contributed by atoms with Gasteiger partial charge in [-0.25, -0.2) is 12.8 Å². The molecule has 0 spiro atoms. The summed E-state index contributed by atoms with van der Waals surface area (Å²) in [6.07, 6.45) is -1.15. The molecule has 6 nitrogen and oxygen atoms in total. The Hall–Kier alpha value is -2.00. The highest BCUT2D eigenvalue weighted by atomic mass is 32.2. The molecule has 1 heterocycles. The monoisotopic (exact) mass is 379 g/mol. The molecule has 1 fully saturated rings. The van der Waals surface area contributed by atoms with Crippen molar-refractivity contribution in [3.63, 3.8) is 0 Å². The maximum atomic E-state index is 13.0. The van der Waals surface area contributed by atoms with Crippen molar-refractivity contribution in [3.05, 3.63) is 59.9 Å². The topological polar surface area (TPSA) is 72.9 Å². The summed E-state index contributed by atoms with van der Waals surface area (Å²) in [6, 6.07) is 11.9. The number of rotatable bonds is 5. The van der Waals surface area contributed by atoms with Crippen LogP contribution in [0.15, 0.2) is 53.4 Å². The lowest BCUT2D eigenvalue weighted by Gasteiger charge is -2.32. The van der Waals surface area contributed by atoms with E-state index in [0.29, 0.717) is 37.4 Å². The SMILES string of the molecule is CN1CCN(S(=O)(=O)c2ccccc2NC(O)c2ccc(F)cc2)CC1. The zero-order chi connectivity index (χ0) is 18.7. The number of aliphatic hydroxyl groups is 1. The second-order valence-corrected chi connectivity index (χ2v) is 8.21. The number of para-hydroxylation sites is 1. The third-order valence-corrected chi connectivity index (χ3v) is 6.40. The number of halogens is 1. The molecule has 0 saturated carbocycles. The van der Waals surface area contributed by atoms with Gasteiger partial charge in [0.2, 0.25) is 10.0 Å². The van der Waals surface area contributed by atoms with Crippen LogP contribution < -0.4 is 5.32 Å². The highest BCUT2D eigenvalue weighted by Gasteiger charge is 2.29. The van der Waals surface area contributed by atoms with Gasteiger partial charge in [0.25, 0.3) is 0 Å². The van der Waals surface area contributed by atoms with Crippen LogP contribution in [0.25, 0.3) is 0 Å². The van der Waals surface area contributed by atoms with Gasteiger partial charge in [0.15, 0.2) is 6.23 Å².